The van der Waals surface area contributed by atoms with Crippen molar-refractivity contribution in [3.8, 4) is 0 Å². The van der Waals surface area contributed by atoms with Gasteiger partial charge in [0.25, 0.3) is 0 Å². The first-order chi connectivity index (χ1) is 9.54. The van der Waals surface area contributed by atoms with Gasteiger partial charge in [-0.1, -0.05) is 43.7 Å². The Morgan fingerprint density at radius 3 is 2.40 bits per heavy atom. The third-order valence-electron chi connectivity index (χ3n) is 3.16. The number of carbonyl (C=O) groups is 2. The molecule has 1 aromatic rings. The Morgan fingerprint density at radius 2 is 1.90 bits per heavy atom. The summed E-state index contributed by atoms with van der Waals surface area (Å²) in [6.07, 6.45) is 2.05. The van der Waals surface area contributed by atoms with Gasteiger partial charge in [0.1, 0.15) is 6.04 Å². The van der Waals surface area contributed by atoms with Crippen molar-refractivity contribution in [1.29, 1.82) is 0 Å². The smallest absolute Gasteiger partial charge is 0.320 e. The number of carboxylic acids is 1. The van der Waals surface area contributed by atoms with E-state index in [0.29, 0.717) is 0 Å². The number of nitrogens with two attached hydrogens (primary N) is 1. The van der Waals surface area contributed by atoms with Gasteiger partial charge in [-0.3, -0.25) is 14.9 Å². The molecule has 0 radical (unpaired) electrons. The van der Waals surface area contributed by atoms with Crippen LogP contribution in [0.15, 0.2) is 30.3 Å². The molecule has 0 spiro atoms. The molecule has 110 valence electrons. The molecule has 1 rings (SSSR count). The van der Waals surface area contributed by atoms with Crippen LogP contribution in [0.3, 0.4) is 0 Å². The number of hydrogen-bond acceptors (Lipinski definition) is 3. The van der Waals surface area contributed by atoms with Crippen LogP contribution < -0.4 is 11.1 Å². The lowest BCUT2D eigenvalue weighted by Crippen LogP contribution is -2.40. The van der Waals surface area contributed by atoms with Crippen molar-refractivity contribution >= 4 is 11.9 Å². The normalized spacial score (nSPS) is 13.7. The maximum atomic E-state index is 11.3. The third kappa shape index (κ3) is 5.40. The molecule has 2 unspecified atom stereocenters. The van der Waals surface area contributed by atoms with E-state index in [4.69, 9.17) is 5.73 Å². The monoisotopic (exact) mass is 278 g/mol. The summed E-state index contributed by atoms with van der Waals surface area (Å²) in [5.41, 5.74) is 6.14. The molecule has 5 nitrogen and oxygen atoms in total. The van der Waals surface area contributed by atoms with Crippen LogP contribution in [0.5, 0.6) is 0 Å². The van der Waals surface area contributed by atoms with Crippen LogP contribution in [0.25, 0.3) is 0 Å². The summed E-state index contributed by atoms with van der Waals surface area (Å²) in [4.78, 5) is 22.1. The van der Waals surface area contributed by atoms with Crippen LogP contribution in [-0.2, 0) is 9.59 Å². The average molecular weight is 278 g/mol. The van der Waals surface area contributed by atoms with Crippen molar-refractivity contribution in [3.63, 3.8) is 0 Å². The molecule has 2 atom stereocenters. The van der Waals surface area contributed by atoms with Crippen molar-refractivity contribution in [2.75, 3.05) is 0 Å². The van der Waals surface area contributed by atoms with Crippen molar-refractivity contribution < 1.29 is 14.7 Å². The number of hydrogen-bond donors (Lipinski definition) is 3. The number of amides is 1. The fourth-order valence-corrected chi connectivity index (χ4v) is 2.13. The zero-order valence-electron chi connectivity index (χ0n) is 11.7. The van der Waals surface area contributed by atoms with E-state index in [1.165, 1.54) is 0 Å². The van der Waals surface area contributed by atoms with Gasteiger partial charge in [-0.25, -0.2) is 0 Å². The molecule has 1 aromatic carbocycles. The maximum absolute atomic E-state index is 11.3. The number of rotatable bonds is 9. The zero-order valence-corrected chi connectivity index (χ0v) is 11.7. The predicted octanol–water partition coefficient (Wildman–Crippen LogP) is 1.84. The first-order valence-electron chi connectivity index (χ1n) is 6.86. The summed E-state index contributed by atoms with van der Waals surface area (Å²) in [5, 5.41) is 12.4. The molecule has 20 heavy (non-hydrogen) atoms. The summed E-state index contributed by atoms with van der Waals surface area (Å²) < 4.78 is 0. The Balaban J connectivity index is 2.75. The largest absolute Gasteiger partial charge is 0.480 e. The summed E-state index contributed by atoms with van der Waals surface area (Å²) in [5.74, 6) is -1.44. The van der Waals surface area contributed by atoms with Gasteiger partial charge in [0.05, 0.1) is 0 Å². The number of aliphatic carboxylic acids is 1. The van der Waals surface area contributed by atoms with E-state index in [9.17, 15) is 14.7 Å². The summed E-state index contributed by atoms with van der Waals surface area (Å²) in [6, 6.07) is 8.93. The number of benzene rings is 1. The molecule has 0 aliphatic carbocycles. The third-order valence-corrected chi connectivity index (χ3v) is 3.16. The van der Waals surface area contributed by atoms with Gasteiger partial charge in [-0.15, -0.1) is 0 Å². The topological polar surface area (TPSA) is 92.4 Å². The second-order valence-corrected chi connectivity index (χ2v) is 4.81. The highest BCUT2D eigenvalue weighted by Gasteiger charge is 2.22. The highest BCUT2D eigenvalue weighted by atomic mass is 16.4. The second kappa shape index (κ2) is 8.32. The van der Waals surface area contributed by atoms with Crippen molar-refractivity contribution in [1.82, 2.24) is 5.32 Å². The Hall–Kier alpha value is -1.88. The zero-order chi connectivity index (χ0) is 15.0. The highest BCUT2D eigenvalue weighted by Crippen LogP contribution is 2.19. The minimum Gasteiger partial charge on any atom is -0.480 e. The van der Waals surface area contributed by atoms with Gasteiger partial charge in [0, 0.05) is 12.5 Å². The van der Waals surface area contributed by atoms with Gasteiger partial charge in [0.2, 0.25) is 5.91 Å². The average Bonchev–Trinajstić information content (AvgIpc) is 2.42. The molecule has 0 saturated heterocycles. The minimum atomic E-state index is -0.955. The number of carbonyl (C=O) groups excluding carboxylic acids is 1. The standard InChI is InChI=1S/C15H22N2O3/c1-2-6-12(11-7-4-3-5-8-11)17-13(15(19)20)9-10-14(16)18/h3-5,7-8,12-13,17H,2,6,9-10H2,1H3,(H2,16,18)(H,19,20). The van der Waals surface area contributed by atoms with Gasteiger partial charge in [-0.05, 0) is 18.4 Å². The SMILES string of the molecule is CCCC(NC(CCC(N)=O)C(=O)O)c1ccccc1. The fraction of sp³-hybridized carbons (Fsp3) is 0.467. The van der Waals surface area contributed by atoms with Crippen LogP contribution in [0.2, 0.25) is 0 Å². The first-order valence-corrected chi connectivity index (χ1v) is 6.86. The van der Waals surface area contributed by atoms with Gasteiger partial charge in [-0.2, -0.15) is 0 Å². The van der Waals surface area contributed by atoms with Crippen LogP contribution in [-0.4, -0.2) is 23.0 Å². The quantitative estimate of drug-likeness (QED) is 0.642. The molecule has 4 N–H and O–H groups in total. The summed E-state index contributed by atoms with van der Waals surface area (Å²) in [6.45, 7) is 2.05. The lowest BCUT2D eigenvalue weighted by atomic mass is 10.00. The molecule has 0 saturated carbocycles. The predicted molar refractivity (Wildman–Crippen MR) is 77.1 cm³/mol. The Morgan fingerprint density at radius 1 is 1.25 bits per heavy atom. The molecule has 0 aliphatic heterocycles. The molecule has 0 heterocycles. The highest BCUT2D eigenvalue weighted by molar-refractivity contribution is 5.77. The second-order valence-electron chi connectivity index (χ2n) is 4.81. The number of primary amides is 1. The van der Waals surface area contributed by atoms with Gasteiger partial charge in [0.15, 0.2) is 0 Å². The van der Waals surface area contributed by atoms with E-state index >= 15 is 0 Å². The van der Waals surface area contributed by atoms with Gasteiger partial charge >= 0.3 is 5.97 Å². The van der Waals surface area contributed by atoms with Gasteiger partial charge < -0.3 is 10.8 Å². The summed E-state index contributed by atoms with van der Waals surface area (Å²) >= 11 is 0. The molecule has 5 heteroatoms. The molecule has 0 fully saturated rings. The van der Waals surface area contributed by atoms with Crippen LogP contribution in [0, 0.1) is 0 Å². The van der Waals surface area contributed by atoms with Crippen LogP contribution in [0.1, 0.15) is 44.2 Å². The maximum Gasteiger partial charge on any atom is 0.320 e. The Kier molecular flexibility index (Phi) is 6.73. The Labute approximate surface area is 119 Å². The van der Waals surface area contributed by atoms with Crippen molar-refractivity contribution in [3.05, 3.63) is 35.9 Å². The van der Waals surface area contributed by atoms with E-state index in [1.807, 2.05) is 30.3 Å². The number of carboxylic acid groups (broad SMARTS) is 1. The molecule has 0 aliphatic rings. The first kappa shape index (κ1) is 16.2. The minimum absolute atomic E-state index is 0.0322. The summed E-state index contributed by atoms with van der Waals surface area (Å²) in [7, 11) is 0. The lowest BCUT2D eigenvalue weighted by molar-refractivity contribution is -0.140. The molecule has 1 amide bonds. The van der Waals surface area contributed by atoms with E-state index < -0.39 is 17.9 Å². The van der Waals surface area contributed by atoms with Crippen molar-refractivity contribution in [2.45, 2.75) is 44.7 Å². The molecule has 0 aromatic heterocycles. The molecular formula is C15H22N2O3. The Bertz CT molecular complexity index is 434. The van der Waals surface area contributed by atoms with Crippen molar-refractivity contribution in [2.24, 2.45) is 5.73 Å². The number of nitrogens with one attached hydrogen (secondary N) is 1. The van der Waals surface area contributed by atoms with E-state index in [2.05, 4.69) is 12.2 Å². The fourth-order valence-electron chi connectivity index (χ4n) is 2.13. The van der Waals surface area contributed by atoms with E-state index in [-0.39, 0.29) is 18.9 Å². The van der Waals surface area contributed by atoms with Crippen LogP contribution >= 0.6 is 0 Å². The molecule has 0 bridgehead atoms. The lowest BCUT2D eigenvalue weighted by Gasteiger charge is -2.23. The molecular weight excluding hydrogens is 256 g/mol. The van der Waals surface area contributed by atoms with E-state index in [1.54, 1.807) is 0 Å². The van der Waals surface area contributed by atoms with E-state index in [0.717, 1.165) is 18.4 Å². The van der Waals surface area contributed by atoms with Crippen LogP contribution in [0.4, 0.5) is 0 Å².